The second-order valence-electron chi connectivity index (χ2n) is 0. The van der Waals surface area contributed by atoms with Crippen molar-refractivity contribution >= 4 is 0 Å². The summed E-state index contributed by atoms with van der Waals surface area (Å²) in [4.78, 5) is 0. The first kappa shape index (κ1) is 515. The van der Waals surface area contributed by atoms with Crippen molar-refractivity contribution in [1.29, 1.82) is 0 Å². The van der Waals surface area contributed by atoms with Gasteiger partial charge in [-0.2, -0.15) is 0 Å². The summed E-state index contributed by atoms with van der Waals surface area (Å²) in [6.45, 7) is 0. The topological polar surface area (TPSA) is 94.5 Å². The largest absolute Gasteiger partial charge is 1.00 e. The predicted octanol–water partition coefficient (Wildman–Crippen LogP) is -5.47. The summed E-state index contributed by atoms with van der Waals surface area (Å²) < 4.78 is 0. The molecule has 0 spiro atoms. The Bertz CT molecular complexity index is 6.85. The Balaban J connectivity index is 0. The fourth-order valence-electron chi connectivity index (χ4n) is 0. The zero-order chi connectivity index (χ0) is 0. The van der Waals surface area contributed by atoms with Crippen LogP contribution in [0.4, 0.5) is 0 Å². The molecule has 0 aromatic rings. The van der Waals surface area contributed by atoms with Gasteiger partial charge in [0.15, 0.2) is 0 Å². The molecule has 0 aromatic carbocycles. The van der Waals surface area contributed by atoms with Crippen LogP contribution in [0.5, 0.6) is 0 Å². The molecular weight excluding hydrogens is 165 g/mol. The molecule has 0 unspecified atom stereocenters. The van der Waals surface area contributed by atoms with Gasteiger partial charge in [0.05, 0.1) is 0 Å². The second-order valence-corrected chi connectivity index (χ2v) is 0. The van der Waals surface area contributed by atoms with Gasteiger partial charge >= 0.3 is 0 Å². The van der Waals surface area contributed by atoms with E-state index in [0.717, 1.165) is 0 Å². The van der Waals surface area contributed by atoms with Crippen LogP contribution in [0, 0.1) is 0 Å². The molecule has 0 saturated carbocycles. The summed E-state index contributed by atoms with van der Waals surface area (Å²) in [6, 6.07) is 0. The third kappa shape index (κ3) is 128. The van der Waals surface area contributed by atoms with E-state index in [4.69, 9.17) is 0 Å². The molecule has 0 heterocycles. The van der Waals surface area contributed by atoms with Crippen molar-refractivity contribution in [3.05, 3.63) is 0 Å². The Kier molecular flexibility index (Phi) is 26000. The molecule has 5 heavy (non-hydrogen) atoms. The van der Waals surface area contributed by atoms with E-state index in [1.165, 1.54) is 0 Å². The molecule has 0 saturated heterocycles. The van der Waals surface area contributed by atoms with E-state index < -0.39 is 0 Å². The summed E-state index contributed by atoms with van der Waals surface area (Å²) in [5, 5.41) is 0. The van der Waals surface area contributed by atoms with E-state index in [0.29, 0.717) is 0 Å². The summed E-state index contributed by atoms with van der Waals surface area (Å²) >= 11 is 0. The van der Waals surface area contributed by atoms with Gasteiger partial charge in [0, 0.05) is 20.1 Å². The first-order chi connectivity index (χ1) is 0. The molecule has 0 aliphatic rings. The van der Waals surface area contributed by atoms with Gasteiger partial charge < -0.3 is 21.1 Å². The molecule has 0 fully saturated rings. The fourth-order valence-corrected chi connectivity index (χ4v) is 0. The number of hydrogen-bond donors (Lipinski definition) is 0. The summed E-state index contributed by atoms with van der Waals surface area (Å²) in [6.07, 6.45) is 0. The quantitative estimate of drug-likeness (QED) is 0.347. The molecule has 0 atom stereocenters. The van der Waals surface area contributed by atoms with E-state index in [-0.39, 0.29) is 41.2 Å². The maximum atomic E-state index is 0. The van der Waals surface area contributed by atoms with Crippen molar-refractivity contribution in [2.75, 3.05) is 0 Å². The molecule has 5 heteroatoms. The van der Waals surface area contributed by atoms with Gasteiger partial charge in [0.25, 0.3) is 0 Å². The van der Waals surface area contributed by atoms with E-state index in [9.17, 15) is 0 Å². The van der Waals surface area contributed by atoms with Gasteiger partial charge in [0.1, 0.15) is 0 Å². The first-order valence-electron chi connectivity index (χ1n) is 0. The molecule has 0 aromatic heterocycles. The Morgan fingerprint density at radius 2 is 0.600 bits per heavy atom. The maximum absolute atomic E-state index is 0. The number of halogens is 1. The van der Waals surface area contributed by atoms with Gasteiger partial charge in [-0.1, -0.05) is 0 Å². The Labute approximate surface area is 42.0 Å². The van der Waals surface area contributed by atoms with E-state index in [1.807, 2.05) is 0 Å². The zero-order valence-electron chi connectivity index (χ0n) is 2.26. The summed E-state index contributed by atoms with van der Waals surface area (Å²) in [7, 11) is 0. The Morgan fingerprint density at radius 3 is 0.600 bits per heavy atom. The normalized spacial score (nSPS) is 0. The standard InChI is InChI=1S/FH.3H2O.Tc/h1H;3*1H2;/p-1. The molecule has 0 aliphatic heterocycles. The van der Waals surface area contributed by atoms with Crippen LogP contribution < -0.4 is 4.70 Å². The molecule has 0 bridgehead atoms. The van der Waals surface area contributed by atoms with Crippen LogP contribution in [0.15, 0.2) is 0 Å². The third-order valence-electron chi connectivity index (χ3n) is 0. The van der Waals surface area contributed by atoms with Crippen LogP contribution in [-0.2, 0) is 20.1 Å². The molecular formula is H6FO3Tc-. The fraction of sp³-hybridized carbons (Fsp3) is 0. The monoisotopic (exact) mass is 170 g/mol. The molecule has 39 valence electrons. The molecule has 0 amide bonds. The van der Waals surface area contributed by atoms with Gasteiger partial charge in [0.2, 0.25) is 0 Å². The minimum Gasteiger partial charge on any atom is -1.00 e. The van der Waals surface area contributed by atoms with E-state index >= 15 is 0 Å². The van der Waals surface area contributed by atoms with Crippen molar-refractivity contribution in [1.82, 2.24) is 0 Å². The van der Waals surface area contributed by atoms with Gasteiger partial charge in [-0.15, -0.1) is 0 Å². The van der Waals surface area contributed by atoms with Crippen LogP contribution >= 0.6 is 0 Å². The smallest absolute Gasteiger partial charge is 0 e. The zero-order valence-corrected chi connectivity index (χ0v) is 4.11. The molecule has 0 aliphatic carbocycles. The van der Waals surface area contributed by atoms with E-state index in [1.54, 1.807) is 0 Å². The Morgan fingerprint density at radius 1 is 0.600 bits per heavy atom. The van der Waals surface area contributed by atoms with Crippen molar-refractivity contribution < 1.29 is 41.2 Å². The van der Waals surface area contributed by atoms with Crippen LogP contribution in [0.25, 0.3) is 0 Å². The first-order valence-corrected chi connectivity index (χ1v) is 0. The average molecular weight is 171 g/mol. The minimum absolute atomic E-state index is 0. The summed E-state index contributed by atoms with van der Waals surface area (Å²) in [5.41, 5.74) is 0. The van der Waals surface area contributed by atoms with Crippen LogP contribution in [0.2, 0.25) is 0 Å². The average Bonchev–Trinajstić information content (AvgIpc) is 0. The molecule has 1 radical (unpaired) electrons. The second kappa shape index (κ2) is 253. The molecule has 6 N–H and O–H groups in total. The minimum atomic E-state index is 0. The molecule has 0 rings (SSSR count). The third-order valence-corrected chi connectivity index (χ3v) is 0. The van der Waals surface area contributed by atoms with Crippen molar-refractivity contribution in [3.8, 4) is 0 Å². The van der Waals surface area contributed by atoms with Crippen molar-refractivity contribution in [2.45, 2.75) is 0 Å². The van der Waals surface area contributed by atoms with Crippen LogP contribution in [0.1, 0.15) is 0 Å². The number of rotatable bonds is 0. The molecule has 3 nitrogen and oxygen atoms in total. The number of hydrogen-bond acceptors (Lipinski definition) is 0. The van der Waals surface area contributed by atoms with E-state index in [2.05, 4.69) is 0 Å². The van der Waals surface area contributed by atoms with Crippen molar-refractivity contribution in [3.63, 3.8) is 0 Å². The summed E-state index contributed by atoms with van der Waals surface area (Å²) in [5.74, 6) is 0. The van der Waals surface area contributed by atoms with Gasteiger partial charge in [-0.05, 0) is 0 Å². The van der Waals surface area contributed by atoms with Crippen LogP contribution in [-0.4, -0.2) is 16.4 Å². The van der Waals surface area contributed by atoms with Crippen molar-refractivity contribution in [2.24, 2.45) is 0 Å². The van der Waals surface area contributed by atoms with Gasteiger partial charge in [-0.25, -0.2) is 0 Å². The van der Waals surface area contributed by atoms with Crippen LogP contribution in [0.3, 0.4) is 0 Å². The predicted molar refractivity (Wildman–Crippen MR) is 10.8 cm³/mol. The van der Waals surface area contributed by atoms with Gasteiger partial charge in [-0.3, -0.25) is 0 Å². The maximum Gasteiger partial charge on any atom is 0 e. The Hall–Kier alpha value is 0.459. The SMILES string of the molecule is O.O.O.[F-].[Tc].